The number of hydrogen-bond acceptors (Lipinski definition) is 6. The van der Waals surface area contributed by atoms with Gasteiger partial charge < -0.3 is 9.42 Å². The van der Waals surface area contributed by atoms with Gasteiger partial charge in [0.05, 0.1) is 10.3 Å². The molecule has 154 valence electrons. The summed E-state index contributed by atoms with van der Waals surface area (Å²) in [4.78, 5) is 4.77. The van der Waals surface area contributed by atoms with Crippen LogP contribution in [-0.2, 0) is 10.0 Å². The van der Waals surface area contributed by atoms with E-state index < -0.39 is 10.0 Å². The van der Waals surface area contributed by atoms with Gasteiger partial charge in [0.15, 0.2) is 11.4 Å². The van der Waals surface area contributed by atoms with Gasteiger partial charge in [-0.3, -0.25) is 4.90 Å². The van der Waals surface area contributed by atoms with E-state index in [0.29, 0.717) is 11.6 Å². The quantitative estimate of drug-likeness (QED) is 0.576. The molecule has 0 unspecified atom stereocenters. The van der Waals surface area contributed by atoms with Crippen LogP contribution in [0.15, 0.2) is 57.9 Å². The fourth-order valence-corrected chi connectivity index (χ4v) is 4.89. The highest BCUT2D eigenvalue weighted by atomic mass is 35.5. The highest BCUT2D eigenvalue weighted by Gasteiger charge is 2.21. The number of aromatic nitrogens is 1. The van der Waals surface area contributed by atoms with E-state index in [-0.39, 0.29) is 4.90 Å². The van der Waals surface area contributed by atoms with Gasteiger partial charge in [-0.1, -0.05) is 35.0 Å². The van der Waals surface area contributed by atoms with Gasteiger partial charge in [-0.15, -0.1) is 0 Å². The molecule has 0 aliphatic carbocycles. The van der Waals surface area contributed by atoms with Crippen LogP contribution >= 0.6 is 11.6 Å². The smallest absolute Gasteiger partial charge is 0.240 e. The van der Waals surface area contributed by atoms with Crippen molar-refractivity contribution in [1.82, 2.24) is 14.8 Å². The van der Waals surface area contributed by atoms with E-state index >= 15 is 0 Å². The van der Waals surface area contributed by atoms with Crippen molar-refractivity contribution in [3.8, 4) is 0 Å². The summed E-state index contributed by atoms with van der Waals surface area (Å²) in [6.45, 7) is 4.77. The van der Waals surface area contributed by atoms with E-state index in [1.54, 1.807) is 18.2 Å². The first-order chi connectivity index (χ1) is 14.0. The van der Waals surface area contributed by atoms with Crippen molar-refractivity contribution in [3.05, 3.63) is 53.6 Å². The minimum atomic E-state index is -3.52. The Hall–Kier alpha value is -2.13. The van der Waals surface area contributed by atoms with Gasteiger partial charge in [0, 0.05) is 37.7 Å². The Balaban J connectivity index is 1.23. The first kappa shape index (κ1) is 20.2. The number of sulfonamides is 1. The topological polar surface area (TPSA) is 78.7 Å². The highest BCUT2D eigenvalue weighted by Crippen LogP contribution is 2.26. The number of anilines is 1. The molecule has 2 aromatic carbocycles. The highest BCUT2D eigenvalue weighted by molar-refractivity contribution is 7.89. The summed E-state index contributed by atoms with van der Waals surface area (Å²) in [5, 5.41) is 5.67. The summed E-state index contributed by atoms with van der Waals surface area (Å²) in [7, 11) is -3.52. The Kier molecular flexibility index (Phi) is 6.05. The molecule has 1 fully saturated rings. The van der Waals surface area contributed by atoms with Crippen molar-refractivity contribution < 1.29 is 12.9 Å². The second-order valence-electron chi connectivity index (χ2n) is 7.04. The summed E-state index contributed by atoms with van der Waals surface area (Å²) in [6.07, 6.45) is 0.743. The second kappa shape index (κ2) is 8.71. The third kappa shape index (κ3) is 4.72. The van der Waals surface area contributed by atoms with E-state index in [4.69, 9.17) is 16.1 Å². The summed E-state index contributed by atoms with van der Waals surface area (Å²) in [5.41, 5.74) is 0.803. The van der Waals surface area contributed by atoms with Crippen molar-refractivity contribution >= 4 is 38.4 Å². The van der Waals surface area contributed by atoms with Crippen molar-refractivity contribution in [2.75, 3.05) is 44.2 Å². The summed E-state index contributed by atoms with van der Waals surface area (Å²) >= 11 is 5.88. The number of piperazine rings is 1. The van der Waals surface area contributed by atoms with Gasteiger partial charge in [0.1, 0.15) is 0 Å². The number of halogens is 1. The molecule has 0 saturated carbocycles. The minimum absolute atomic E-state index is 0.193. The molecule has 0 atom stereocenters. The Labute approximate surface area is 175 Å². The molecular formula is C20H23ClN4O3S. The largest absolute Gasteiger partial charge is 0.354 e. The molecule has 3 aromatic rings. The van der Waals surface area contributed by atoms with Gasteiger partial charge in [0.25, 0.3) is 0 Å². The van der Waals surface area contributed by atoms with Crippen LogP contribution < -0.4 is 9.62 Å². The Morgan fingerprint density at radius 3 is 2.66 bits per heavy atom. The third-order valence-corrected chi connectivity index (χ3v) is 6.77. The summed E-state index contributed by atoms with van der Waals surface area (Å²) < 4.78 is 32.7. The van der Waals surface area contributed by atoms with Crippen LogP contribution in [0.1, 0.15) is 6.42 Å². The molecule has 0 spiro atoms. The lowest BCUT2D eigenvalue weighted by molar-refractivity contribution is 0.254. The van der Waals surface area contributed by atoms with Gasteiger partial charge in [-0.05, 0) is 43.3 Å². The molecular weight excluding hydrogens is 412 g/mol. The molecule has 0 radical (unpaired) electrons. The second-order valence-corrected chi connectivity index (χ2v) is 9.24. The van der Waals surface area contributed by atoms with Crippen molar-refractivity contribution in [3.63, 3.8) is 0 Å². The zero-order valence-electron chi connectivity index (χ0n) is 15.9. The summed E-state index contributed by atoms with van der Waals surface area (Å²) in [5.74, 6) is 0.898. The van der Waals surface area contributed by atoms with Crippen molar-refractivity contribution in [2.45, 2.75) is 11.3 Å². The average molecular weight is 435 g/mol. The molecule has 7 nitrogen and oxygen atoms in total. The predicted molar refractivity (Wildman–Crippen MR) is 114 cm³/mol. The van der Waals surface area contributed by atoms with Crippen LogP contribution in [0.25, 0.3) is 11.0 Å². The van der Waals surface area contributed by atoms with Crippen LogP contribution in [0.5, 0.6) is 0 Å². The van der Waals surface area contributed by atoms with E-state index in [1.165, 1.54) is 6.07 Å². The zero-order chi connectivity index (χ0) is 20.3. The molecule has 0 amide bonds. The molecule has 1 N–H and O–H groups in total. The Morgan fingerprint density at radius 2 is 1.86 bits per heavy atom. The maximum atomic E-state index is 12.3. The van der Waals surface area contributed by atoms with Crippen LogP contribution in [0.3, 0.4) is 0 Å². The molecule has 2 heterocycles. The average Bonchev–Trinajstić information content (AvgIpc) is 3.16. The van der Waals surface area contributed by atoms with Gasteiger partial charge >= 0.3 is 0 Å². The van der Waals surface area contributed by atoms with Crippen LogP contribution in [0.4, 0.5) is 5.82 Å². The Bertz CT molecular complexity index is 1080. The molecule has 9 heteroatoms. The maximum Gasteiger partial charge on any atom is 0.240 e. The summed E-state index contributed by atoms with van der Waals surface area (Å²) in [6, 6.07) is 14.2. The lowest BCUT2D eigenvalue weighted by Crippen LogP contribution is -2.47. The predicted octanol–water partition coefficient (Wildman–Crippen LogP) is 2.97. The van der Waals surface area contributed by atoms with Gasteiger partial charge in [-0.25, -0.2) is 13.1 Å². The van der Waals surface area contributed by atoms with Crippen LogP contribution in [0.2, 0.25) is 5.02 Å². The minimum Gasteiger partial charge on any atom is -0.354 e. The van der Waals surface area contributed by atoms with Crippen LogP contribution in [-0.4, -0.2) is 57.7 Å². The zero-order valence-corrected chi connectivity index (χ0v) is 17.5. The lowest BCUT2D eigenvalue weighted by Gasteiger charge is -2.34. The number of hydrogen-bond donors (Lipinski definition) is 1. The van der Waals surface area contributed by atoms with Gasteiger partial charge in [0.2, 0.25) is 10.0 Å². The number of benzene rings is 2. The molecule has 1 aromatic heterocycles. The van der Waals surface area contributed by atoms with E-state index in [9.17, 15) is 8.42 Å². The molecule has 1 aliphatic rings. The van der Waals surface area contributed by atoms with E-state index in [2.05, 4.69) is 19.7 Å². The lowest BCUT2D eigenvalue weighted by atomic mass is 10.2. The number of rotatable bonds is 7. The first-order valence-electron chi connectivity index (χ1n) is 9.60. The standard InChI is InChI=1S/C20H23ClN4O3S/c21-16-5-3-6-17(15-16)29(26,27)22-9-4-10-24-11-13-25(14-12-24)20-18-7-1-2-8-19(18)28-23-20/h1-3,5-8,15,22H,4,9-14H2. The van der Waals surface area contributed by atoms with Gasteiger partial charge in [-0.2, -0.15) is 0 Å². The molecule has 1 aliphatic heterocycles. The fraction of sp³-hybridized carbons (Fsp3) is 0.350. The van der Waals surface area contributed by atoms with Crippen molar-refractivity contribution in [1.29, 1.82) is 0 Å². The van der Waals surface area contributed by atoms with E-state index in [0.717, 1.165) is 55.9 Å². The SMILES string of the molecule is O=S(=O)(NCCCN1CCN(c2noc3ccccc23)CC1)c1cccc(Cl)c1. The monoisotopic (exact) mass is 434 g/mol. The van der Waals surface area contributed by atoms with Crippen molar-refractivity contribution in [2.24, 2.45) is 0 Å². The number of nitrogens with one attached hydrogen (secondary N) is 1. The third-order valence-electron chi connectivity index (χ3n) is 5.08. The first-order valence-corrected chi connectivity index (χ1v) is 11.5. The van der Waals surface area contributed by atoms with E-state index in [1.807, 2.05) is 24.3 Å². The molecule has 29 heavy (non-hydrogen) atoms. The Morgan fingerprint density at radius 1 is 1.07 bits per heavy atom. The number of fused-ring (bicyclic) bond motifs is 1. The maximum absolute atomic E-state index is 12.3. The normalized spacial score (nSPS) is 15.8. The fourth-order valence-electron chi connectivity index (χ4n) is 3.51. The molecule has 1 saturated heterocycles. The molecule has 0 bridgehead atoms. The van der Waals surface area contributed by atoms with Crippen LogP contribution in [0, 0.1) is 0 Å². The number of nitrogens with zero attached hydrogens (tertiary/aromatic N) is 3. The molecule has 4 rings (SSSR count). The number of para-hydroxylation sites is 1.